The number of nitrogens with zero attached hydrogens (tertiary/aromatic N) is 1. The maximum atomic E-state index is 9.58. The van der Waals surface area contributed by atoms with Gasteiger partial charge < -0.3 is 15.7 Å². The second-order valence-corrected chi connectivity index (χ2v) is 4.67. The summed E-state index contributed by atoms with van der Waals surface area (Å²) in [6, 6.07) is 13.3. The molecule has 0 amide bonds. The van der Waals surface area contributed by atoms with Crippen molar-refractivity contribution in [2.45, 2.75) is 20.4 Å². The molecule has 0 fully saturated rings. The summed E-state index contributed by atoms with van der Waals surface area (Å²) < 4.78 is 0. The molecule has 2 aromatic carbocycles. The lowest BCUT2D eigenvalue weighted by molar-refractivity contribution is 0.475. The van der Waals surface area contributed by atoms with Gasteiger partial charge >= 0.3 is 0 Å². The fraction of sp³-hybridized carbons (Fsp3) is 0.250. The molecule has 0 aliphatic carbocycles. The molecule has 0 radical (unpaired) electrons. The van der Waals surface area contributed by atoms with E-state index in [0.29, 0.717) is 5.75 Å². The molecule has 0 atom stereocenters. The molecule has 2 rings (SSSR count). The monoisotopic (exact) mass is 256 g/mol. The molecular formula is C16H20N2O. The van der Waals surface area contributed by atoms with E-state index >= 15 is 0 Å². The highest BCUT2D eigenvalue weighted by Gasteiger charge is 2.08. The molecule has 3 nitrogen and oxygen atoms in total. The molecule has 0 bridgehead atoms. The van der Waals surface area contributed by atoms with E-state index in [4.69, 9.17) is 5.73 Å². The van der Waals surface area contributed by atoms with Crippen LogP contribution in [0.2, 0.25) is 0 Å². The summed E-state index contributed by atoms with van der Waals surface area (Å²) in [5.74, 6) is 0.292. The summed E-state index contributed by atoms with van der Waals surface area (Å²) in [4.78, 5) is 2.21. The third kappa shape index (κ3) is 2.99. The molecule has 0 heterocycles. The first-order valence-electron chi connectivity index (χ1n) is 6.49. The maximum absolute atomic E-state index is 9.58. The van der Waals surface area contributed by atoms with E-state index in [0.717, 1.165) is 30.0 Å². The van der Waals surface area contributed by atoms with Crippen LogP contribution in [-0.2, 0) is 6.54 Å². The van der Waals surface area contributed by atoms with E-state index < -0.39 is 0 Å². The number of benzene rings is 2. The van der Waals surface area contributed by atoms with Crippen molar-refractivity contribution in [2.75, 3.05) is 17.2 Å². The van der Waals surface area contributed by atoms with Gasteiger partial charge in [0.2, 0.25) is 0 Å². The van der Waals surface area contributed by atoms with Gasteiger partial charge in [0.05, 0.1) is 0 Å². The molecule has 100 valence electrons. The van der Waals surface area contributed by atoms with Gasteiger partial charge in [0.1, 0.15) is 5.75 Å². The van der Waals surface area contributed by atoms with Crippen LogP contribution in [0, 0.1) is 6.92 Å². The zero-order chi connectivity index (χ0) is 13.8. The standard InChI is InChI=1S/C16H20N2O/c1-3-18(14-7-5-8-15(19)10-14)11-13-6-4-9-16(17)12(13)2/h4-10,19H,3,11,17H2,1-2H3. The minimum absolute atomic E-state index is 0.292. The number of anilines is 2. The fourth-order valence-electron chi connectivity index (χ4n) is 2.16. The first-order valence-corrected chi connectivity index (χ1v) is 6.49. The lowest BCUT2D eigenvalue weighted by atomic mass is 10.1. The maximum Gasteiger partial charge on any atom is 0.117 e. The molecule has 0 saturated carbocycles. The third-order valence-corrected chi connectivity index (χ3v) is 3.43. The zero-order valence-corrected chi connectivity index (χ0v) is 11.4. The average Bonchev–Trinajstić information content (AvgIpc) is 2.40. The van der Waals surface area contributed by atoms with Crippen molar-refractivity contribution in [3.8, 4) is 5.75 Å². The largest absolute Gasteiger partial charge is 0.508 e. The van der Waals surface area contributed by atoms with E-state index in [1.54, 1.807) is 12.1 Å². The quantitative estimate of drug-likeness (QED) is 0.825. The number of hydrogen-bond acceptors (Lipinski definition) is 3. The molecular weight excluding hydrogens is 236 g/mol. The number of rotatable bonds is 4. The second-order valence-electron chi connectivity index (χ2n) is 4.67. The minimum atomic E-state index is 0.292. The first kappa shape index (κ1) is 13.3. The van der Waals surface area contributed by atoms with Gasteiger partial charge in [-0.05, 0) is 43.2 Å². The topological polar surface area (TPSA) is 49.5 Å². The van der Waals surface area contributed by atoms with Crippen molar-refractivity contribution in [3.05, 3.63) is 53.6 Å². The highest BCUT2D eigenvalue weighted by atomic mass is 16.3. The lowest BCUT2D eigenvalue weighted by Crippen LogP contribution is -2.22. The van der Waals surface area contributed by atoms with Gasteiger partial charge in [0.25, 0.3) is 0 Å². The van der Waals surface area contributed by atoms with Crippen molar-refractivity contribution in [3.63, 3.8) is 0 Å². The summed E-state index contributed by atoms with van der Waals surface area (Å²) in [6.45, 7) is 5.81. The van der Waals surface area contributed by atoms with E-state index in [-0.39, 0.29) is 0 Å². The number of phenolic OH excluding ortho intramolecular Hbond substituents is 1. The predicted molar refractivity (Wildman–Crippen MR) is 80.4 cm³/mol. The molecule has 3 N–H and O–H groups in total. The summed E-state index contributed by atoms with van der Waals surface area (Å²) in [5.41, 5.74) is 10.1. The lowest BCUT2D eigenvalue weighted by Gasteiger charge is -2.24. The zero-order valence-electron chi connectivity index (χ0n) is 11.4. The van der Waals surface area contributed by atoms with Crippen molar-refractivity contribution in [1.82, 2.24) is 0 Å². The summed E-state index contributed by atoms with van der Waals surface area (Å²) >= 11 is 0. The van der Waals surface area contributed by atoms with Crippen LogP contribution in [0.15, 0.2) is 42.5 Å². The van der Waals surface area contributed by atoms with Crippen molar-refractivity contribution >= 4 is 11.4 Å². The number of hydrogen-bond donors (Lipinski definition) is 2. The smallest absolute Gasteiger partial charge is 0.117 e. The van der Waals surface area contributed by atoms with Crippen LogP contribution in [0.1, 0.15) is 18.1 Å². The Kier molecular flexibility index (Phi) is 3.95. The molecule has 0 unspecified atom stereocenters. The van der Waals surface area contributed by atoms with E-state index in [1.165, 1.54) is 5.56 Å². The van der Waals surface area contributed by atoms with Gasteiger partial charge in [-0.1, -0.05) is 18.2 Å². The van der Waals surface area contributed by atoms with Gasteiger partial charge in [0.15, 0.2) is 0 Å². The van der Waals surface area contributed by atoms with Gasteiger partial charge in [-0.15, -0.1) is 0 Å². The van der Waals surface area contributed by atoms with E-state index in [9.17, 15) is 5.11 Å². The summed E-state index contributed by atoms with van der Waals surface area (Å²) in [6.07, 6.45) is 0. The number of nitrogens with two attached hydrogens (primary N) is 1. The molecule has 19 heavy (non-hydrogen) atoms. The minimum Gasteiger partial charge on any atom is -0.508 e. The van der Waals surface area contributed by atoms with Crippen LogP contribution in [0.25, 0.3) is 0 Å². The summed E-state index contributed by atoms with van der Waals surface area (Å²) in [5, 5.41) is 9.58. The molecule has 0 aliphatic rings. The second kappa shape index (κ2) is 5.65. The predicted octanol–water partition coefficient (Wildman–Crippen LogP) is 3.31. The Labute approximate surface area is 114 Å². The van der Waals surface area contributed by atoms with Gasteiger partial charge in [0, 0.05) is 30.5 Å². The molecule has 0 spiro atoms. The third-order valence-electron chi connectivity index (χ3n) is 3.43. The van der Waals surface area contributed by atoms with Crippen LogP contribution in [0.4, 0.5) is 11.4 Å². The van der Waals surface area contributed by atoms with Crippen LogP contribution < -0.4 is 10.6 Å². The normalized spacial score (nSPS) is 10.4. The Morgan fingerprint density at radius 3 is 2.58 bits per heavy atom. The summed E-state index contributed by atoms with van der Waals surface area (Å²) in [7, 11) is 0. The number of aromatic hydroxyl groups is 1. The molecule has 3 heteroatoms. The van der Waals surface area contributed by atoms with Gasteiger partial charge in [-0.3, -0.25) is 0 Å². The van der Waals surface area contributed by atoms with Gasteiger partial charge in [-0.25, -0.2) is 0 Å². The first-order chi connectivity index (χ1) is 9.11. The van der Waals surface area contributed by atoms with Crippen LogP contribution in [0.5, 0.6) is 5.75 Å². The Morgan fingerprint density at radius 1 is 1.16 bits per heavy atom. The van der Waals surface area contributed by atoms with Crippen LogP contribution in [-0.4, -0.2) is 11.7 Å². The highest BCUT2D eigenvalue weighted by molar-refractivity contribution is 5.54. The Balaban J connectivity index is 2.26. The van der Waals surface area contributed by atoms with E-state index in [2.05, 4.69) is 17.9 Å². The van der Waals surface area contributed by atoms with Crippen LogP contribution >= 0.6 is 0 Å². The Bertz CT molecular complexity index is 566. The Hall–Kier alpha value is -2.16. The molecule has 0 aromatic heterocycles. The molecule has 0 saturated heterocycles. The van der Waals surface area contributed by atoms with Crippen molar-refractivity contribution in [1.29, 1.82) is 0 Å². The van der Waals surface area contributed by atoms with Gasteiger partial charge in [-0.2, -0.15) is 0 Å². The number of nitrogen functional groups attached to an aromatic ring is 1. The number of phenols is 1. The van der Waals surface area contributed by atoms with Crippen molar-refractivity contribution in [2.24, 2.45) is 0 Å². The van der Waals surface area contributed by atoms with E-state index in [1.807, 2.05) is 31.2 Å². The van der Waals surface area contributed by atoms with Crippen molar-refractivity contribution < 1.29 is 5.11 Å². The molecule has 2 aromatic rings. The average molecular weight is 256 g/mol. The fourth-order valence-corrected chi connectivity index (χ4v) is 2.16. The van der Waals surface area contributed by atoms with Crippen LogP contribution in [0.3, 0.4) is 0 Å². The Morgan fingerprint density at radius 2 is 1.89 bits per heavy atom. The molecule has 0 aliphatic heterocycles. The highest BCUT2D eigenvalue weighted by Crippen LogP contribution is 2.24. The SMILES string of the molecule is CCN(Cc1cccc(N)c1C)c1cccc(O)c1.